The predicted octanol–water partition coefficient (Wildman–Crippen LogP) is 2.51. The Labute approximate surface area is 147 Å². The van der Waals surface area contributed by atoms with E-state index in [1.165, 1.54) is 0 Å². The average Bonchev–Trinajstić information content (AvgIpc) is 3.05. The molecule has 138 valence electrons. The summed E-state index contributed by atoms with van der Waals surface area (Å²) in [5.41, 5.74) is -1.77. The molecule has 7 heteroatoms. The molecular weight excluding hydrogens is 332 g/mol. The monoisotopic (exact) mass is 360 g/mol. The Morgan fingerprint density at radius 1 is 1.29 bits per heavy atom. The molecule has 1 rings (SSSR count). The van der Waals surface area contributed by atoms with Gasteiger partial charge in [0, 0.05) is 16.9 Å². The van der Waals surface area contributed by atoms with Crippen LogP contribution in [0.5, 0.6) is 5.75 Å². The van der Waals surface area contributed by atoms with Crippen LogP contribution in [0.3, 0.4) is 0 Å². The van der Waals surface area contributed by atoms with Gasteiger partial charge >= 0.3 is 5.97 Å². The van der Waals surface area contributed by atoms with Crippen LogP contribution in [0.2, 0.25) is 0 Å². The molecule has 0 aromatic carbocycles. The van der Waals surface area contributed by atoms with Crippen molar-refractivity contribution in [1.82, 2.24) is 0 Å². The van der Waals surface area contributed by atoms with E-state index in [0.29, 0.717) is 19.6 Å². The highest BCUT2D eigenvalue weighted by molar-refractivity contribution is 7.10. The fourth-order valence-corrected chi connectivity index (χ4v) is 2.97. The molecule has 0 amide bonds. The second-order valence-electron chi connectivity index (χ2n) is 5.58. The van der Waals surface area contributed by atoms with Gasteiger partial charge in [-0.25, -0.2) is 4.79 Å². The molecule has 0 aliphatic heterocycles. The maximum Gasteiger partial charge on any atom is 0.340 e. The van der Waals surface area contributed by atoms with Gasteiger partial charge in [0.15, 0.2) is 5.60 Å². The molecule has 0 aliphatic rings. The van der Waals surface area contributed by atoms with Gasteiger partial charge in [0.25, 0.3) is 0 Å². The van der Waals surface area contributed by atoms with Crippen LogP contribution in [0.15, 0.2) is 11.4 Å². The summed E-state index contributed by atoms with van der Waals surface area (Å²) in [6.45, 7) is 2.50. The van der Waals surface area contributed by atoms with Gasteiger partial charge in [-0.05, 0) is 32.3 Å². The van der Waals surface area contributed by atoms with Gasteiger partial charge in [0.05, 0.1) is 26.9 Å². The van der Waals surface area contributed by atoms with Gasteiger partial charge in [-0.15, -0.1) is 11.3 Å². The van der Waals surface area contributed by atoms with Crippen molar-refractivity contribution >= 4 is 17.3 Å². The van der Waals surface area contributed by atoms with Crippen molar-refractivity contribution in [3.63, 3.8) is 0 Å². The lowest BCUT2D eigenvalue weighted by Crippen LogP contribution is -2.43. The molecule has 0 aliphatic carbocycles. The van der Waals surface area contributed by atoms with E-state index in [4.69, 9.17) is 14.2 Å². The van der Waals surface area contributed by atoms with Gasteiger partial charge < -0.3 is 24.4 Å². The number of rotatable bonds is 13. The Hall–Kier alpha value is -1.15. The standard InChI is InChI=1S/C17H28O6S/c1-3-23-16(19)17(20,13-18)8-6-4-5-7-9-22-11-15-10-14(21-2)12-24-15/h10,12,18,20H,3-9,11,13H2,1-2H3. The quantitative estimate of drug-likeness (QED) is 0.415. The van der Waals surface area contributed by atoms with Crippen LogP contribution in [-0.4, -0.2) is 48.7 Å². The number of carbonyl (C=O) groups excluding carboxylic acids is 1. The Morgan fingerprint density at radius 3 is 2.67 bits per heavy atom. The summed E-state index contributed by atoms with van der Waals surface area (Å²) in [4.78, 5) is 12.7. The van der Waals surface area contributed by atoms with E-state index in [2.05, 4.69) is 0 Å². The van der Waals surface area contributed by atoms with Gasteiger partial charge in [0.1, 0.15) is 5.75 Å². The molecule has 0 spiro atoms. The van der Waals surface area contributed by atoms with E-state index in [0.717, 1.165) is 29.9 Å². The zero-order chi connectivity index (χ0) is 17.8. The Bertz CT molecular complexity index is 475. The summed E-state index contributed by atoms with van der Waals surface area (Å²) < 4.78 is 15.5. The van der Waals surface area contributed by atoms with E-state index in [-0.39, 0.29) is 13.0 Å². The highest BCUT2D eigenvalue weighted by Gasteiger charge is 2.36. The Kier molecular flexibility index (Phi) is 9.94. The van der Waals surface area contributed by atoms with Crippen molar-refractivity contribution < 1.29 is 29.2 Å². The minimum Gasteiger partial charge on any atom is -0.496 e. The van der Waals surface area contributed by atoms with Crippen LogP contribution in [0.1, 0.15) is 43.9 Å². The number of hydrogen-bond acceptors (Lipinski definition) is 7. The summed E-state index contributed by atoms with van der Waals surface area (Å²) in [5.74, 6) is 0.110. The lowest BCUT2D eigenvalue weighted by Gasteiger charge is -2.23. The normalized spacial score (nSPS) is 13.5. The van der Waals surface area contributed by atoms with Crippen molar-refractivity contribution in [2.24, 2.45) is 0 Å². The zero-order valence-corrected chi connectivity index (χ0v) is 15.3. The highest BCUT2D eigenvalue weighted by atomic mass is 32.1. The summed E-state index contributed by atoms with van der Waals surface area (Å²) >= 11 is 1.61. The van der Waals surface area contributed by atoms with Crippen molar-refractivity contribution in [2.45, 2.75) is 51.2 Å². The number of carbonyl (C=O) groups is 1. The molecule has 6 nitrogen and oxygen atoms in total. The smallest absolute Gasteiger partial charge is 0.340 e. The largest absolute Gasteiger partial charge is 0.496 e. The number of hydrogen-bond donors (Lipinski definition) is 2. The van der Waals surface area contributed by atoms with E-state index < -0.39 is 18.2 Å². The molecule has 1 unspecified atom stereocenters. The maximum atomic E-state index is 11.6. The molecule has 0 saturated carbocycles. The van der Waals surface area contributed by atoms with Crippen molar-refractivity contribution in [2.75, 3.05) is 26.9 Å². The summed E-state index contributed by atoms with van der Waals surface area (Å²) in [7, 11) is 1.65. The number of unbranched alkanes of at least 4 members (excludes halogenated alkanes) is 3. The predicted molar refractivity (Wildman–Crippen MR) is 92.3 cm³/mol. The minimum atomic E-state index is -1.77. The number of ether oxygens (including phenoxy) is 3. The first kappa shape index (κ1) is 20.9. The molecule has 1 aromatic rings. The van der Waals surface area contributed by atoms with Crippen LogP contribution in [0.4, 0.5) is 0 Å². The van der Waals surface area contributed by atoms with Gasteiger partial charge in [0.2, 0.25) is 0 Å². The van der Waals surface area contributed by atoms with Crippen LogP contribution in [0.25, 0.3) is 0 Å². The van der Waals surface area contributed by atoms with Crippen LogP contribution in [0, 0.1) is 0 Å². The molecule has 1 heterocycles. The molecule has 1 aromatic heterocycles. The van der Waals surface area contributed by atoms with Crippen LogP contribution < -0.4 is 4.74 Å². The fraction of sp³-hybridized carbons (Fsp3) is 0.706. The summed E-state index contributed by atoms with van der Waals surface area (Å²) in [6, 6.07) is 1.97. The second kappa shape index (κ2) is 11.4. The molecule has 2 N–H and O–H groups in total. The summed E-state index contributed by atoms with van der Waals surface area (Å²) in [5, 5.41) is 21.2. The zero-order valence-electron chi connectivity index (χ0n) is 14.5. The first-order valence-electron chi connectivity index (χ1n) is 8.25. The van der Waals surface area contributed by atoms with Gasteiger partial charge in [-0.2, -0.15) is 0 Å². The van der Waals surface area contributed by atoms with E-state index in [1.807, 2.05) is 11.4 Å². The number of aliphatic hydroxyl groups is 2. The number of aliphatic hydroxyl groups excluding tert-OH is 1. The van der Waals surface area contributed by atoms with Crippen LogP contribution in [-0.2, 0) is 20.9 Å². The average molecular weight is 360 g/mol. The van der Waals surface area contributed by atoms with E-state index in [1.54, 1.807) is 25.4 Å². The number of methoxy groups -OCH3 is 1. The maximum absolute atomic E-state index is 11.6. The molecule has 0 radical (unpaired) electrons. The lowest BCUT2D eigenvalue weighted by molar-refractivity contribution is -0.170. The minimum absolute atomic E-state index is 0.189. The number of esters is 1. The van der Waals surface area contributed by atoms with Crippen molar-refractivity contribution in [1.29, 1.82) is 0 Å². The highest BCUT2D eigenvalue weighted by Crippen LogP contribution is 2.22. The van der Waals surface area contributed by atoms with Crippen LogP contribution >= 0.6 is 11.3 Å². The van der Waals surface area contributed by atoms with Crippen molar-refractivity contribution in [3.05, 3.63) is 16.3 Å². The molecule has 1 atom stereocenters. The third kappa shape index (κ3) is 7.17. The second-order valence-corrected chi connectivity index (χ2v) is 6.58. The molecule has 0 bridgehead atoms. The first-order chi connectivity index (χ1) is 11.6. The van der Waals surface area contributed by atoms with Gasteiger partial charge in [-0.1, -0.05) is 12.8 Å². The Balaban J connectivity index is 2.08. The van der Waals surface area contributed by atoms with E-state index in [9.17, 15) is 15.0 Å². The van der Waals surface area contributed by atoms with Gasteiger partial charge in [-0.3, -0.25) is 0 Å². The molecular formula is C17H28O6S. The van der Waals surface area contributed by atoms with E-state index >= 15 is 0 Å². The third-order valence-electron chi connectivity index (χ3n) is 3.66. The molecule has 0 fully saturated rings. The molecule has 24 heavy (non-hydrogen) atoms. The SMILES string of the molecule is CCOC(=O)C(O)(CO)CCCCCCOCc1cc(OC)cs1. The fourth-order valence-electron chi connectivity index (χ4n) is 2.20. The first-order valence-corrected chi connectivity index (χ1v) is 9.13. The topological polar surface area (TPSA) is 85.2 Å². The third-order valence-corrected chi connectivity index (χ3v) is 4.54. The summed E-state index contributed by atoms with van der Waals surface area (Å²) in [6.07, 6.45) is 3.58. The number of thiophene rings is 1. The molecule has 0 saturated heterocycles. The lowest BCUT2D eigenvalue weighted by atomic mass is 9.97. The van der Waals surface area contributed by atoms with Crippen molar-refractivity contribution in [3.8, 4) is 5.75 Å². The Morgan fingerprint density at radius 2 is 2.04 bits per heavy atom.